The number of rotatable bonds is 4. The third-order valence-corrected chi connectivity index (χ3v) is 3.31. The van der Waals surface area contributed by atoms with E-state index in [1.807, 2.05) is 12.3 Å². The fourth-order valence-corrected chi connectivity index (χ4v) is 2.25. The molecule has 1 fully saturated rings. The lowest BCUT2D eigenvalue weighted by Crippen LogP contribution is -2.49. The molecule has 1 atom stereocenters. The van der Waals surface area contributed by atoms with Gasteiger partial charge in [-0.1, -0.05) is 6.07 Å². The SMILES string of the molecule is CN1CCN(CC(N)Cc2cccnc2)CC1. The summed E-state index contributed by atoms with van der Waals surface area (Å²) in [6.07, 6.45) is 4.62. The number of nitrogens with two attached hydrogens (primary N) is 1. The molecule has 1 aliphatic rings. The van der Waals surface area contributed by atoms with Gasteiger partial charge in [-0.05, 0) is 25.1 Å². The standard InChI is InChI=1S/C13H22N4/c1-16-5-7-17(8-6-16)11-13(14)9-12-3-2-4-15-10-12/h2-4,10,13H,5-9,11,14H2,1H3. The molecule has 2 heterocycles. The fourth-order valence-electron chi connectivity index (χ4n) is 2.25. The van der Waals surface area contributed by atoms with Gasteiger partial charge in [0.25, 0.3) is 0 Å². The van der Waals surface area contributed by atoms with Crippen molar-refractivity contribution in [2.24, 2.45) is 5.73 Å². The number of hydrogen-bond acceptors (Lipinski definition) is 4. The molecule has 4 heteroatoms. The first kappa shape index (κ1) is 12.5. The Bertz CT molecular complexity index is 319. The van der Waals surface area contributed by atoms with Crippen LogP contribution in [0.2, 0.25) is 0 Å². The van der Waals surface area contributed by atoms with Crippen LogP contribution in [0.1, 0.15) is 5.56 Å². The zero-order valence-corrected chi connectivity index (χ0v) is 10.5. The molecule has 1 unspecified atom stereocenters. The Labute approximate surface area is 103 Å². The van der Waals surface area contributed by atoms with E-state index in [-0.39, 0.29) is 6.04 Å². The summed E-state index contributed by atoms with van der Waals surface area (Å²) in [7, 11) is 2.17. The molecule has 2 rings (SSSR count). The number of aromatic nitrogens is 1. The molecular formula is C13H22N4. The average molecular weight is 234 g/mol. The maximum absolute atomic E-state index is 6.19. The van der Waals surface area contributed by atoms with Gasteiger partial charge in [-0.3, -0.25) is 9.88 Å². The van der Waals surface area contributed by atoms with Crippen LogP contribution in [-0.2, 0) is 6.42 Å². The van der Waals surface area contributed by atoms with E-state index < -0.39 is 0 Å². The van der Waals surface area contributed by atoms with Gasteiger partial charge in [0.2, 0.25) is 0 Å². The van der Waals surface area contributed by atoms with Crippen molar-refractivity contribution in [3.8, 4) is 0 Å². The Balaban J connectivity index is 1.76. The van der Waals surface area contributed by atoms with E-state index in [2.05, 4.69) is 27.9 Å². The normalized spacial score (nSPS) is 20.4. The monoisotopic (exact) mass is 234 g/mol. The molecule has 0 saturated carbocycles. The fraction of sp³-hybridized carbons (Fsp3) is 0.615. The molecule has 17 heavy (non-hydrogen) atoms. The molecule has 94 valence electrons. The van der Waals surface area contributed by atoms with Gasteiger partial charge in [-0.15, -0.1) is 0 Å². The molecule has 1 aromatic rings. The van der Waals surface area contributed by atoms with Crippen molar-refractivity contribution >= 4 is 0 Å². The van der Waals surface area contributed by atoms with Gasteiger partial charge in [0, 0.05) is 51.2 Å². The Morgan fingerprint density at radius 1 is 1.35 bits per heavy atom. The summed E-state index contributed by atoms with van der Waals surface area (Å²) in [6, 6.07) is 4.27. The predicted molar refractivity (Wildman–Crippen MR) is 69.9 cm³/mol. The number of piperazine rings is 1. The Morgan fingerprint density at radius 3 is 2.76 bits per heavy atom. The van der Waals surface area contributed by atoms with Crippen LogP contribution in [0.25, 0.3) is 0 Å². The lowest BCUT2D eigenvalue weighted by Gasteiger charge is -2.33. The maximum atomic E-state index is 6.19. The first-order chi connectivity index (χ1) is 8.24. The number of pyridine rings is 1. The van der Waals surface area contributed by atoms with Gasteiger partial charge in [0.15, 0.2) is 0 Å². The summed E-state index contributed by atoms with van der Waals surface area (Å²) in [5, 5.41) is 0. The highest BCUT2D eigenvalue weighted by Crippen LogP contribution is 2.04. The zero-order chi connectivity index (χ0) is 12.1. The van der Waals surface area contributed by atoms with Crippen molar-refractivity contribution in [3.63, 3.8) is 0 Å². The summed E-state index contributed by atoms with van der Waals surface area (Å²) >= 11 is 0. The molecule has 0 aliphatic carbocycles. The second-order valence-electron chi connectivity index (χ2n) is 4.93. The van der Waals surface area contributed by atoms with E-state index in [9.17, 15) is 0 Å². The topological polar surface area (TPSA) is 45.4 Å². The average Bonchev–Trinajstić information content (AvgIpc) is 2.33. The number of hydrogen-bond donors (Lipinski definition) is 1. The van der Waals surface area contributed by atoms with E-state index in [1.54, 1.807) is 6.20 Å². The summed E-state index contributed by atoms with van der Waals surface area (Å²) < 4.78 is 0. The van der Waals surface area contributed by atoms with Crippen molar-refractivity contribution in [3.05, 3.63) is 30.1 Å². The second kappa shape index (κ2) is 6.10. The van der Waals surface area contributed by atoms with Crippen molar-refractivity contribution < 1.29 is 0 Å². The molecule has 1 saturated heterocycles. The number of nitrogens with zero attached hydrogens (tertiary/aromatic N) is 3. The Kier molecular flexibility index (Phi) is 4.48. The molecule has 2 N–H and O–H groups in total. The van der Waals surface area contributed by atoms with Gasteiger partial charge >= 0.3 is 0 Å². The quantitative estimate of drug-likeness (QED) is 0.808. The van der Waals surface area contributed by atoms with Crippen LogP contribution in [-0.4, -0.2) is 60.6 Å². The van der Waals surface area contributed by atoms with Crippen LogP contribution in [0.3, 0.4) is 0 Å². The molecule has 4 nitrogen and oxygen atoms in total. The minimum atomic E-state index is 0.211. The van der Waals surface area contributed by atoms with Gasteiger partial charge in [0.1, 0.15) is 0 Å². The first-order valence-corrected chi connectivity index (χ1v) is 6.29. The summed E-state index contributed by atoms with van der Waals surface area (Å²) in [4.78, 5) is 8.94. The van der Waals surface area contributed by atoms with Crippen molar-refractivity contribution in [2.45, 2.75) is 12.5 Å². The molecule has 1 aromatic heterocycles. The summed E-state index contributed by atoms with van der Waals surface area (Å²) in [5.41, 5.74) is 7.42. The second-order valence-corrected chi connectivity index (χ2v) is 4.93. The summed E-state index contributed by atoms with van der Waals surface area (Å²) in [5.74, 6) is 0. The minimum absolute atomic E-state index is 0.211. The third-order valence-electron chi connectivity index (χ3n) is 3.31. The van der Waals surface area contributed by atoms with E-state index in [0.717, 1.165) is 39.1 Å². The zero-order valence-electron chi connectivity index (χ0n) is 10.5. The van der Waals surface area contributed by atoms with Crippen molar-refractivity contribution in [1.82, 2.24) is 14.8 Å². The number of likely N-dealkylation sites (N-methyl/N-ethyl adjacent to an activating group) is 1. The lowest BCUT2D eigenvalue weighted by molar-refractivity contribution is 0.147. The predicted octanol–water partition coefficient (Wildman–Crippen LogP) is 0.199. The molecule has 0 spiro atoms. The first-order valence-electron chi connectivity index (χ1n) is 6.29. The van der Waals surface area contributed by atoms with Crippen molar-refractivity contribution in [1.29, 1.82) is 0 Å². The maximum Gasteiger partial charge on any atom is 0.0300 e. The van der Waals surface area contributed by atoms with Crippen LogP contribution < -0.4 is 5.73 Å². The highest BCUT2D eigenvalue weighted by molar-refractivity contribution is 5.10. The highest BCUT2D eigenvalue weighted by atomic mass is 15.2. The van der Waals surface area contributed by atoms with E-state index >= 15 is 0 Å². The van der Waals surface area contributed by atoms with Gasteiger partial charge < -0.3 is 10.6 Å². The van der Waals surface area contributed by atoms with Crippen LogP contribution in [0.5, 0.6) is 0 Å². The van der Waals surface area contributed by atoms with Crippen LogP contribution in [0, 0.1) is 0 Å². The smallest absolute Gasteiger partial charge is 0.0300 e. The molecular weight excluding hydrogens is 212 g/mol. The minimum Gasteiger partial charge on any atom is -0.326 e. The Morgan fingerprint density at radius 2 is 2.12 bits per heavy atom. The van der Waals surface area contributed by atoms with E-state index in [0.29, 0.717) is 0 Å². The van der Waals surface area contributed by atoms with Crippen LogP contribution in [0.4, 0.5) is 0 Å². The van der Waals surface area contributed by atoms with Gasteiger partial charge in [0.05, 0.1) is 0 Å². The molecule has 1 aliphatic heterocycles. The molecule has 0 aromatic carbocycles. The largest absolute Gasteiger partial charge is 0.326 e. The van der Waals surface area contributed by atoms with E-state index in [4.69, 9.17) is 5.73 Å². The van der Waals surface area contributed by atoms with Gasteiger partial charge in [-0.2, -0.15) is 0 Å². The lowest BCUT2D eigenvalue weighted by atomic mass is 10.1. The van der Waals surface area contributed by atoms with Crippen LogP contribution >= 0.6 is 0 Å². The highest BCUT2D eigenvalue weighted by Gasteiger charge is 2.16. The molecule has 0 amide bonds. The molecule has 0 bridgehead atoms. The Hall–Kier alpha value is -0.970. The van der Waals surface area contributed by atoms with Crippen LogP contribution in [0.15, 0.2) is 24.5 Å². The molecule has 0 radical (unpaired) electrons. The van der Waals surface area contributed by atoms with Crippen molar-refractivity contribution in [2.75, 3.05) is 39.8 Å². The van der Waals surface area contributed by atoms with Gasteiger partial charge in [-0.25, -0.2) is 0 Å². The van der Waals surface area contributed by atoms with E-state index in [1.165, 1.54) is 5.56 Å². The summed E-state index contributed by atoms with van der Waals surface area (Å²) in [6.45, 7) is 5.57. The third kappa shape index (κ3) is 4.07.